The van der Waals surface area contributed by atoms with Gasteiger partial charge in [-0.15, -0.1) is 4.99 Å². The van der Waals surface area contributed by atoms with Crippen LogP contribution in [-0.2, 0) is 17.5 Å². The SMILES string of the molecule is N/C(=N/C(=O)OCc1ccccc1)NC(=O)c1ccc(C2CCN(C(=O)c3ccccn3)CC2)c(C(F)(F)F)c1. The molecule has 0 radical (unpaired) electrons. The number of nitrogens with two attached hydrogens (primary N) is 1. The molecular formula is C28H26F3N5O4. The number of halogens is 3. The minimum atomic E-state index is -4.73. The standard InChI is InChI=1S/C28H26F3N5O4/c29-28(30,31)22-16-20(24(37)34-26(32)35-27(39)40-17-18-6-2-1-3-7-18)9-10-21(22)19-11-14-36(15-12-19)25(38)23-8-4-5-13-33-23/h1-10,13,16,19H,11-12,14-15,17H2,(H3,32,34,35,37,39). The van der Waals surface area contributed by atoms with Crippen molar-refractivity contribution in [1.82, 2.24) is 15.2 Å². The van der Waals surface area contributed by atoms with E-state index in [2.05, 4.69) is 15.3 Å². The van der Waals surface area contributed by atoms with Gasteiger partial charge in [-0.3, -0.25) is 19.9 Å². The number of rotatable bonds is 5. The molecule has 0 spiro atoms. The largest absolute Gasteiger partial charge is 0.443 e. The maximum absolute atomic E-state index is 14.0. The number of nitrogens with one attached hydrogen (secondary N) is 1. The van der Waals surface area contributed by atoms with Gasteiger partial charge in [0.1, 0.15) is 12.3 Å². The number of hydrogen-bond donors (Lipinski definition) is 2. The van der Waals surface area contributed by atoms with Crippen molar-refractivity contribution in [3.05, 3.63) is 101 Å². The fraction of sp³-hybridized carbons (Fsp3) is 0.250. The van der Waals surface area contributed by atoms with Gasteiger partial charge in [-0.05, 0) is 54.2 Å². The fourth-order valence-corrected chi connectivity index (χ4v) is 4.41. The van der Waals surface area contributed by atoms with Gasteiger partial charge in [0.15, 0.2) is 0 Å². The second kappa shape index (κ2) is 12.4. The lowest BCUT2D eigenvalue weighted by Crippen LogP contribution is -2.39. The molecule has 208 valence electrons. The predicted octanol–water partition coefficient (Wildman–Crippen LogP) is 4.50. The molecule has 1 fully saturated rings. The van der Waals surface area contributed by atoms with Crippen molar-refractivity contribution in [1.29, 1.82) is 0 Å². The van der Waals surface area contributed by atoms with Crippen molar-refractivity contribution in [2.75, 3.05) is 13.1 Å². The highest BCUT2D eigenvalue weighted by Gasteiger charge is 2.37. The molecule has 40 heavy (non-hydrogen) atoms. The highest BCUT2D eigenvalue weighted by atomic mass is 19.4. The van der Waals surface area contributed by atoms with Crippen molar-refractivity contribution in [2.45, 2.75) is 31.5 Å². The lowest BCUT2D eigenvalue weighted by Gasteiger charge is -2.33. The van der Waals surface area contributed by atoms with E-state index in [0.717, 1.165) is 6.07 Å². The van der Waals surface area contributed by atoms with Crippen LogP contribution in [0.5, 0.6) is 0 Å². The van der Waals surface area contributed by atoms with Gasteiger partial charge in [0.25, 0.3) is 11.8 Å². The third-order valence-corrected chi connectivity index (χ3v) is 6.39. The Hall–Kier alpha value is -4.74. The zero-order valence-electron chi connectivity index (χ0n) is 21.2. The number of likely N-dealkylation sites (tertiary alicyclic amines) is 1. The number of amides is 3. The summed E-state index contributed by atoms with van der Waals surface area (Å²) in [5.74, 6) is -2.33. The number of carbonyl (C=O) groups is 3. The Labute approximate surface area is 227 Å². The highest BCUT2D eigenvalue weighted by Crippen LogP contribution is 2.39. The molecule has 1 aliphatic rings. The molecule has 2 aromatic carbocycles. The lowest BCUT2D eigenvalue weighted by atomic mass is 9.85. The summed E-state index contributed by atoms with van der Waals surface area (Å²) in [6.45, 7) is 0.469. The number of aliphatic imine (C=N–C) groups is 1. The summed E-state index contributed by atoms with van der Waals surface area (Å²) in [6, 6.07) is 17.0. The zero-order chi connectivity index (χ0) is 28.7. The minimum absolute atomic E-state index is 0.0418. The number of piperidine rings is 1. The zero-order valence-corrected chi connectivity index (χ0v) is 21.2. The van der Waals surface area contributed by atoms with Crippen LogP contribution >= 0.6 is 0 Å². The number of hydrogen-bond acceptors (Lipinski definition) is 5. The number of aromatic nitrogens is 1. The number of carbonyl (C=O) groups excluding carboxylic acids is 3. The Bertz CT molecular complexity index is 1390. The van der Waals surface area contributed by atoms with Gasteiger partial charge in [0.05, 0.1) is 5.56 Å². The van der Waals surface area contributed by atoms with E-state index >= 15 is 0 Å². The van der Waals surface area contributed by atoms with Crippen LogP contribution in [0.15, 0.2) is 77.9 Å². The van der Waals surface area contributed by atoms with Gasteiger partial charge >= 0.3 is 12.3 Å². The molecule has 9 nitrogen and oxygen atoms in total. The van der Waals surface area contributed by atoms with Crippen LogP contribution in [0.3, 0.4) is 0 Å². The number of ether oxygens (including phenoxy) is 1. The summed E-state index contributed by atoms with van der Waals surface area (Å²) in [6.07, 6.45) is -3.66. The van der Waals surface area contributed by atoms with Crippen LogP contribution in [0.4, 0.5) is 18.0 Å². The second-order valence-corrected chi connectivity index (χ2v) is 9.07. The Kier molecular flexibility index (Phi) is 8.77. The summed E-state index contributed by atoms with van der Waals surface area (Å²) < 4.78 is 47.0. The van der Waals surface area contributed by atoms with E-state index in [1.165, 1.54) is 18.3 Å². The molecular weight excluding hydrogens is 527 g/mol. The molecule has 1 saturated heterocycles. The lowest BCUT2D eigenvalue weighted by molar-refractivity contribution is -0.138. The third-order valence-electron chi connectivity index (χ3n) is 6.39. The summed E-state index contributed by atoms with van der Waals surface area (Å²) in [5, 5.41) is 2.11. The average Bonchev–Trinajstić information content (AvgIpc) is 2.96. The molecule has 0 atom stereocenters. The summed E-state index contributed by atoms with van der Waals surface area (Å²) in [7, 11) is 0. The van der Waals surface area contributed by atoms with Crippen molar-refractivity contribution in [3.8, 4) is 0 Å². The smallest absolute Gasteiger partial charge is 0.437 e. The molecule has 2 heterocycles. The quantitative estimate of drug-likeness (QED) is 0.354. The molecule has 0 aliphatic carbocycles. The van der Waals surface area contributed by atoms with E-state index in [-0.39, 0.29) is 42.4 Å². The van der Waals surface area contributed by atoms with E-state index in [4.69, 9.17) is 10.5 Å². The van der Waals surface area contributed by atoms with E-state index < -0.39 is 35.6 Å². The van der Waals surface area contributed by atoms with Gasteiger partial charge in [-0.2, -0.15) is 13.2 Å². The maximum Gasteiger partial charge on any atom is 0.437 e. The number of guanidine groups is 1. The molecule has 3 amide bonds. The first kappa shape index (κ1) is 28.3. The van der Waals surface area contributed by atoms with E-state index in [9.17, 15) is 27.6 Å². The molecule has 12 heteroatoms. The predicted molar refractivity (Wildman–Crippen MR) is 139 cm³/mol. The fourth-order valence-electron chi connectivity index (χ4n) is 4.41. The second-order valence-electron chi connectivity index (χ2n) is 9.07. The number of nitrogens with zero attached hydrogens (tertiary/aromatic N) is 3. The van der Waals surface area contributed by atoms with Gasteiger partial charge in [-0.25, -0.2) is 4.79 Å². The van der Waals surface area contributed by atoms with Gasteiger partial charge in [0.2, 0.25) is 5.96 Å². The first-order chi connectivity index (χ1) is 19.1. The van der Waals surface area contributed by atoms with Crippen molar-refractivity contribution in [2.24, 2.45) is 10.7 Å². The topological polar surface area (TPSA) is 127 Å². The molecule has 0 unspecified atom stereocenters. The molecule has 1 aromatic heterocycles. The third kappa shape index (κ3) is 7.22. The van der Waals surface area contributed by atoms with E-state index in [1.54, 1.807) is 53.4 Å². The van der Waals surface area contributed by atoms with E-state index in [0.29, 0.717) is 18.4 Å². The molecule has 1 aliphatic heterocycles. The number of alkyl halides is 3. The van der Waals surface area contributed by atoms with Crippen LogP contribution in [0.2, 0.25) is 0 Å². The van der Waals surface area contributed by atoms with Crippen molar-refractivity contribution < 1.29 is 32.3 Å². The van der Waals surface area contributed by atoms with Crippen LogP contribution in [0.1, 0.15) is 56.3 Å². The Balaban J connectivity index is 1.41. The minimum Gasteiger partial charge on any atom is -0.443 e. The summed E-state index contributed by atoms with van der Waals surface area (Å²) >= 11 is 0. The van der Waals surface area contributed by atoms with Crippen LogP contribution in [0.25, 0.3) is 0 Å². The monoisotopic (exact) mass is 553 g/mol. The first-order valence-electron chi connectivity index (χ1n) is 12.4. The van der Waals surface area contributed by atoms with Crippen molar-refractivity contribution in [3.63, 3.8) is 0 Å². The van der Waals surface area contributed by atoms with Crippen LogP contribution in [0, 0.1) is 0 Å². The van der Waals surface area contributed by atoms with Gasteiger partial charge in [0, 0.05) is 24.8 Å². The Morgan fingerprint density at radius 1 is 1.02 bits per heavy atom. The average molecular weight is 554 g/mol. The highest BCUT2D eigenvalue weighted by molar-refractivity contribution is 6.07. The molecule has 4 rings (SSSR count). The Morgan fingerprint density at radius 2 is 1.73 bits per heavy atom. The molecule has 0 bridgehead atoms. The van der Waals surface area contributed by atoms with Crippen molar-refractivity contribution >= 4 is 23.9 Å². The van der Waals surface area contributed by atoms with Crippen LogP contribution in [-0.4, -0.2) is 46.8 Å². The first-order valence-corrected chi connectivity index (χ1v) is 12.4. The van der Waals surface area contributed by atoms with Gasteiger partial charge in [-0.1, -0.05) is 42.5 Å². The number of benzene rings is 2. The molecule has 3 N–H and O–H groups in total. The normalized spacial score (nSPS) is 14.5. The number of pyridine rings is 1. The van der Waals surface area contributed by atoms with Gasteiger partial charge < -0.3 is 15.4 Å². The van der Waals surface area contributed by atoms with Crippen LogP contribution < -0.4 is 11.1 Å². The van der Waals surface area contributed by atoms with E-state index in [1.807, 2.05) is 0 Å². The Morgan fingerprint density at radius 3 is 2.38 bits per heavy atom. The summed E-state index contributed by atoms with van der Waals surface area (Å²) in [5.41, 5.74) is 5.35. The molecule has 3 aromatic rings. The molecule has 0 saturated carbocycles. The summed E-state index contributed by atoms with van der Waals surface area (Å²) in [4.78, 5) is 46.1. The maximum atomic E-state index is 14.0.